The van der Waals surface area contributed by atoms with Crippen molar-refractivity contribution < 1.29 is 18.7 Å². The second-order valence-corrected chi connectivity index (χ2v) is 7.85. The van der Waals surface area contributed by atoms with Crippen LogP contribution in [-0.2, 0) is 9.53 Å². The average Bonchev–Trinajstić information content (AvgIpc) is 2.97. The Labute approximate surface area is 146 Å². The molecule has 0 radical (unpaired) electrons. The summed E-state index contributed by atoms with van der Waals surface area (Å²) in [4.78, 5) is 26.8. The van der Waals surface area contributed by atoms with Gasteiger partial charge in [-0.25, -0.2) is 9.18 Å². The summed E-state index contributed by atoms with van der Waals surface area (Å²) in [5.74, 6) is -0.600. The molecule has 1 aromatic carbocycles. The third kappa shape index (κ3) is 4.09. The van der Waals surface area contributed by atoms with Crippen LogP contribution in [0, 0.1) is 17.7 Å². The summed E-state index contributed by atoms with van der Waals surface area (Å²) in [7, 11) is 0. The van der Waals surface area contributed by atoms with Crippen molar-refractivity contribution >= 4 is 23.6 Å². The van der Waals surface area contributed by atoms with Gasteiger partial charge in [-0.05, 0) is 24.0 Å². The van der Waals surface area contributed by atoms with Gasteiger partial charge in [0, 0.05) is 5.75 Å². The molecule has 0 N–H and O–H groups in total. The van der Waals surface area contributed by atoms with Crippen LogP contribution in [0.1, 0.15) is 38.1 Å². The number of hydrogen-bond acceptors (Lipinski definition) is 4. The van der Waals surface area contributed by atoms with Crippen LogP contribution in [0.25, 0.3) is 0 Å². The maximum Gasteiger partial charge on any atom is 0.329 e. The van der Waals surface area contributed by atoms with Gasteiger partial charge in [-0.1, -0.05) is 39.8 Å². The summed E-state index contributed by atoms with van der Waals surface area (Å²) in [6.45, 7) is 8.20. The Kier molecular flexibility index (Phi) is 6.27. The smallest absolute Gasteiger partial charge is 0.329 e. The largest absolute Gasteiger partial charge is 0.464 e. The molecule has 4 nitrogen and oxygen atoms in total. The third-order valence-corrected chi connectivity index (χ3v) is 5.40. The molecule has 1 aromatic rings. The molecule has 0 bridgehead atoms. The van der Waals surface area contributed by atoms with Crippen molar-refractivity contribution in [2.75, 3.05) is 12.4 Å². The molecule has 2 unspecified atom stereocenters. The highest BCUT2D eigenvalue weighted by molar-refractivity contribution is 8.00. The Morgan fingerprint density at radius 1 is 1.29 bits per heavy atom. The summed E-state index contributed by atoms with van der Waals surface area (Å²) in [5, 5.41) is -0.172. The van der Waals surface area contributed by atoms with Gasteiger partial charge in [0.2, 0.25) is 0 Å². The van der Waals surface area contributed by atoms with Crippen molar-refractivity contribution in [3.8, 4) is 0 Å². The monoisotopic (exact) mass is 353 g/mol. The zero-order chi connectivity index (χ0) is 17.9. The second kappa shape index (κ2) is 8.01. The number of benzene rings is 1. The maximum absolute atomic E-state index is 14.0. The first-order valence-electron chi connectivity index (χ1n) is 8.18. The fourth-order valence-corrected chi connectivity index (χ4v) is 4.06. The van der Waals surface area contributed by atoms with E-state index in [-0.39, 0.29) is 22.8 Å². The van der Waals surface area contributed by atoms with Crippen LogP contribution < -0.4 is 0 Å². The minimum Gasteiger partial charge on any atom is -0.464 e. The predicted octanol–water partition coefficient (Wildman–Crippen LogP) is 3.56. The Morgan fingerprint density at radius 3 is 2.54 bits per heavy atom. The SMILES string of the molecule is CC(C)COC(=O)C1CSC(C(C)C)N1C(=O)c1ccccc1F. The van der Waals surface area contributed by atoms with Gasteiger partial charge in [0.1, 0.15) is 11.9 Å². The number of esters is 1. The van der Waals surface area contributed by atoms with E-state index >= 15 is 0 Å². The lowest BCUT2D eigenvalue weighted by molar-refractivity contribution is -0.149. The number of ether oxygens (including phenoxy) is 1. The number of thioether (sulfide) groups is 1. The van der Waals surface area contributed by atoms with Gasteiger partial charge in [0.05, 0.1) is 17.5 Å². The zero-order valence-corrected chi connectivity index (χ0v) is 15.3. The molecule has 1 saturated heterocycles. The molecule has 0 aromatic heterocycles. The van der Waals surface area contributed by atoms with E-state index < -0.39 is 23.7 Å². The van der Waals surface area contributed by atoms with E-state index in [4.69, 9.17) is 4.74 Å². The van der Waals surface area contributed by atoms with E-state index in [1.807, 2.05) is 27.7 Å². The number of hydrogen-bond donors (Lipinski definition) is 0. The minimum atomic E-state index is -0.673. The first-order valence-corrected chi connectivity index (χ1v) is 9.23. The highest BCUT2D eigenvalue weighted by Crippen LogP contribution is 2.36. The number of carbonyl (C=O) groups is 2. The van der Waals surface area contributed by atoms with Gasteiger partial charge in [-0.15, -0.1) is 11.8 Å². The molecular formula is C18H24FNO3S. The van der Waals surface area contributed by atoms with Gasteiger partial charge in [0.15, 0.2) is 0 Å². The normalized spacial score (nSPS) is 20.7. The predicted molar refractivity (Wildman–Crippen MR) is 93.2 cm³/mol. The summed E-state index contributed by atoms with van der Waals surface area (Å²) >= 11 is 1.54. The molecule has 24 heavy (non-hydrogen) atoms. The molecule has 132 valence electrons. The number of amides is 1. The minimum absolute atomic E-state index is 0.00712. The number of halogens is 1. The van der Waals surface area contributed by atoms with E-state index in [0.717, 1.165) is 0 Å². The molecule has 1 heterocycles. The van der Waals surface area contributed by atoms with Crippen molar-refractivity contribution in [3.05, 3.63) is 35.6 Å². The lowest BCUT2D eigenvalue weighted by Gasteiger charge is -2.30. The molecule has 6 heteroatoms. The van der Waals surface area contributed by atoms with Crippen molar-refractivity contribution in [2.24, 2.45) is 11.8 Å². The lowest BCUT2D eigenvalue weighted by atomic mass is 10.1. The Morgan fingerprint density at radius 2 is 1.96 bits per heavy atom. The van der Waals surface area contributed by atoms with Gasteiger partial charge in [-0.2, -0.15) is 0 Å². The Bertz CT molecular complexity index is 606. The zero-order valence-electron chi connectivity index (χ0n) is 14.5. The van der Waals surface area contributed by atoms with E-state index in [2.05, 4.69) is 0 Å². The number of nitrogens with zero attached hydrogens (tertiary/aromatic N) is 1. The third-order valence-electron chi connectivity index (χ3n) is 3.77. The van der Waals surface area contributed by atoms with Gasteiger partial charge < -0.3 is 9.64 Å². The summed E-state index contributed by atoms with van der Waals surface area (Å²) < 4.78 is 19.4. The van der Waals surface area contributed by atoms with E-state index in [9.17, 15) is 14.0 Å². The molecule has 0 saturated carbocycles. The van der Waals surface area contributed by atoms with Crippen LogP contribution in [0.5, 0.6) is 0 Å². The molecule has 1 fully saturated rings. The van der Waals surface area contributed by atoms with E-state index in [1.54, 1.807) is 12.1 Å². The first kappa shape index (κ1) is 18.8. The van der Waals surface area contributed by atoms with Crippen LogP contribution in [0.2, 0.25) is 0 Å². The van der Waals surface area contributed by atoms with Gasteiger partial charge in [0.25, 0.3) is 5.91 Å². The van der Waals surface area contributed by atoms with Crippen LogP contribution in [0.15, 0.2) is 24.3 Å². The molecule has 2 atom stereocenters. The molecule has 2 rings (SSSR count). The Balaban J connectivity index is 2.27. The molecule has 0 aliphatic carbocycles. The second-order valence-electron chi connectivity index (χ2n) is 6.70. The van der Waals surface area contributed by atoms with Crippen molar-refractivity contribution in [3.63, 3.8) is 0 Å². The molecule has 0 spiro atoms. The topological polar surface area (TPSA) is 46.6 Å². The summed E-state index contributed by atoms with van der Waals surface area (Å²) in [6, 6.07) is 5.20. The highest BCUT2D eigenvalue weighted by atomic mass is 32.2. The lowest BCUT2D eigenvalue weighted by Crippen LogP contribution is -2.48. The Hall–Kier alpha value is -1.56. The number of rotatable bonds is 5. The molecule has 1 aliphatic heterocycles. The fraction of sp³-hybridized carbons (Fsp3) is 0.556. The van der Waals surface area contributed by atoms with Crippen molar-refractivity contribution in [2.45, 2.75) is 39.1 Å². The van der Waals surface area contributed by atoms with Gasteiger partial charge in [-0.3, -0.25) is 4.79 Å². The maximum atomic E-state index is 14.0. The van der Waals surface area contributed by atoms with Crippen LogP contribution in [0.4, 0.5) is 4.39 Å². The fourth-order valence-electron chi connectivity index (χ4n) is 2.60. The van der Waals surface area contributed by atoms with Crippen molar-refractivity contribution in [1.82, 2.24) is 4.90 Å². The average molecular weight is 353 g/mol. The summed E-state index contributed by atoms with van der Waals surface area (Å²) in [5.41, 5.74) is -0.00712. The summed E-state index contributed by atoms with van der Waals surface area (Å²) in [6.07, 6.45) is 0. The quantitative estimate of drug-likeness (QED) is 0.760. The van der Waals surface area contributed by atoms with E-state index in [0.29, 0.717) is 12.4 Å². The number of carbonyl (C=O) groups excluding carboxylic acids is 2. The molecule has 1 aliphatic rings. The first-order chi connectivity index (χ1) is 11.3. The van der Waals surface area contributed by atoms with Crippen molar-refractivity contribution in [1.29, 1.82) is 0 Å². The van der Waals surface area contributed by atoms with Crippen LogP contribution >= 0.6 is 11.8 Å². The van der Waals surface area contributed by atoms with Crippen LogP contribution in [-0.4, -0.2) is 40.6 Å². The highest BCUT2D eigenvalue weighted by Gasteiger charge is 2.44. The standard InChI is InChI=1S/C18H24FNO3S/c1-11(2)9-23-18(22)15-10-24-17(12(3)4)20(15)16(21)13-7-5-6-8-14(13)19/h5-8,11-12,15,17H,9-10H2,1-4H3. The van der Waals surface area contributed by atoms with E-state index in [1.165, 1.54) is 28.8 Å². The van der Waals surface area contributed by atoms with Crippen LogP contribution in [0.3, 0.4) is 0 Å². The molecular weight excluding hydrogens is 329 g/mol. The molecule has 1 amide bonds. The van der Waals surface area contributed by atoms with Gasteiger partial charge >= 0.3 is 5.97 Å².